The summed E-state index contributed by atoms with van der Waals surface area (Å²) >= 11 is 6.01. The van der Waals surface area contributed by atoms with Crippen molar-refractivity contribution in [3.63, 3.8) is 0 Å². The van der Waals surface area contributed by atoms with E-state index in [-0.39, 0.29) is 5.91 Å². The molecule has 0 aliphatic carbocycles. The van der Waals surface area contributed by atoms with Gasteiger partial charge < -0.3 is 15.2 Å². The largest absolute Gasteiger partial charge is 0.383 e. The molecule has 0 radical (unpaired) electrons. The number of rotatable bonds is 5. The average molecular weight is 380 g/mol. The second-order valence-electron chi connectivity index (χ2n) is 6.26. The van der Waals surface area contributed by atoms with Crippen LogP contribution in [-0.4, -0.2) is 33.5 Å². The summed E-state index contributed by atoms with van der Waals surface area (Å²) in [4.78, 5) is 21.0. The Hall–Kier alpha value is -3.12. The Labute approximate surface area is 161 Å². The molecule has 2 heterocycles. The number of hydrogen-bond donors (Lipinski definition) is 2. The van der Waals surface area contributed by atoms with Gasteiger partial charge in [0.25, 0.3) is 5.91 Å². The summed E-state index contributed by atoms with van der Waals surface area (Å²) in [6, 6.07) is 13.0. The van der Waals surface area contributed by atoms with Gasteiger partial charge in [-0.15, -0.1) is 0 Å². The zero-order valence-corrected chi connectivity index (χ0v) is 15.5. The Balaban J connectivity index is 1.37. The predicted molar refractivity (Wildman–Crippen MR) is 108 cm³/mol. The van der Waals surface area contributed by atoms with Crippen LogP contribution in [0.1, 0.15) is 10.4 Å². The van der Waals surface area contributed by atoms with Gasteiger partial charge in [0.05, 0.1) is 22.9 Å². The van der Waals surface area contributed by atoms with E-state index in [9.17, 15) is 4.79 Å². The molecule has 1 amide bonds. The molecule has 0 saturated carbocycles. The van der Waals surface area contributed by atoms with Crippen molar-refractivity contribution in [2.45, 2.75) is 0 Å². The first kappa shape index (κ1) is 17.3. The van der Waals surface area contributed by atoms with E-state index in [1.807, 2.05) is 48.0 Å². The number of fused-ring (bicyclic) bond motifs is 2. The molecule has 0 atom stereocenters. The van der Waals surface area contributed by atoms with E-state index in [1.165, 1.54) is 0 Å². The van der Waals surface area contributed by atoms with Crippen LogP contribution >= 0.6 is 11.6 Å². The van der Waals surface area contributed by atoms with Crippen molar-refractivity contribution in [1.29, 1.82) is 0 Å². The molecule has 7 heteroatoms. The number of carbonyl (C=O) groups excluding carboxylic acids is 1. The van der Waals surface area contributed by atoms with Crippen molar-refractivity contribution < 1.29 is 4.79 Å². The van der Waals surface area contributed by atoms with E-state index >= 15 is 0 Å². The van der Waals surface area contributed by atoms with Gasteiger partial charge in [0, 0.05) is 48.0 Å². The Morgan fingerprint density at radius 1 is 1.07 bits per heavy atom. The number of nitrogens with one attached hydrogen (secondary N) is 2. The lowest BCUT2D eigenvalue weighted by atomic mass is 10.2. The molecule has 6 nitrogen and oxygen atoms in total. The number of pyridine rings is 1. The maximum Gasteiger partial charge on any atom is 0.251 e. The number of anilines is 1. The molecule has 0 aliphatic heterocycles. The highest BCUT2D eigenvalue weighted by Gasteiger charge is 2.08. The minimum atomic E-state index is -0.115. The first-order valence-corrected chi connectivity index (χ1v) is 8.97. The minimum Gasteiger partial charge on any atom is -0.383 e. The summed E-state index contributed by atoms with van der Waals surface area (Å²) in [6.45, 7) is 1.09. The standard InChI is InChI=1S/C20H18ClN5O/c1-26-12-25-18-10-13(2-5-19(18)26)20(27)24-9-8-23-16-6-7-22-17-11-14(21)3-4-15(16)17/h2-7,10-12H,8-9H2,1H3,(H,22,23)(H,24,27). The first-order valence-electron chi connectivity index (χ1n) is 8.59. The molecule has 4 rings (SSSR count). The fourth-order valence-corrected chi connectivity index (χ4v) is 3.19. The third kappa shape index (κ3) is 3.57. The zero-order valence-electron chi connectivity index (χ0n) is 14.7. The molecular formula is C20H18ClN5O. The quantitative estimate of drug-likeness (QED) is 0.519. The van der Waals surface area contributed by atoms with Crippen molar-refractivity contribution in [2.75, 3.05) is 18.4 Å². The highest BCUT2D eigenvalue weighted by Crippen LogP contribution is 2.24. The van der Waals surface area contributed by atoms with Gasteiger partial charge in [-0.1, -0.05) is 11.6 Å². The van der Waals surface area contributed by atoms with E-state index in [4.69, 9.17) is 11.6 Å². The van der Waals surface area contributed by atoms with Crippen molar-refractivity contribution in [3.05, 3.63) is 65.6 Å². The summed E-state index contributed by atoms with van der Waals surface area (Å²) in [5, 5.41) is 7.91. The SMILES string of the molecule is Cn1cnc2cc(C(=O)NCCNc3ccnc4cc(Cl)ccc34)ccc21. The van der Waals surface area contributed by atoms with Crippen LogP contribution in [0.15, 0.2) is 55.0 Å². The summed E-state index contributed by atoms with van der Waals surface area (Å²) in [7, 11) is 1.93. The molecule has 0 spiro atoms. The molecule has 4 aromatic rings. The number of halogens is 1. The monoisotopic (exact) mass is 379 g/mol. The average Bonchev–Trinajstić information content (AvgIpc) is 3.05. The van der Waals surface area contributed by atoms with Crippen LogP contribution in [0.3, 0.4) is 0 Å². The summed E-state index contributed by atoms with van der Waals surface area (Å²) in [5.41, 5.74) is 4.20. The van der Waals surface area contributed by atoms with E-state index in [1.54, 1.807) is 18.6 Å². The number of hydrogen-bond acceptors (Lipinski definition) is 4. The summed E-state index contributed by atoms with van der Waals surface area (Å²) in [6.07, 6.45) is 3.48. The van der Waals surface area contributed by atoms with Crippen molar-refractivity contribution in [1.82, 2.24) is 19.9 Å². The number of imidazole rings is 1. The van der Waals surface area contributed by atoms with Gasteiger partial charge >= 0.3 is 0 Å². The van der Waals surface area contributed by atoms with Crippen LogP contribution in [0.4, 0.5) is 5.69 Å². The lowest BCUT2D eigenvalue weighted by Crippen LogP contribution is -2.28. The molecule has 136 valence electrons. The molecule has 0 fully saturated rings. The number of nitrogens with zero attached hydrogens (tertiary/aromatic N) is 3. The Kier molecular flexibility index (Phi) is 4.64. The number of aryl methyl sites for hydroxylation is 1. The molecule has 0 saturated heterocycles. The Morgan fingerprint density at radius 2 is 1.96 bits per heavy atom. The molecule has 2 aromatic heterocycles. The van der Waals surface area contributed by atoms with Crippen molar-refractivity contribution >= 4 is 45.1 Å². The van der Waals surface area contributed by atoms with Crippen molar-refractivity contribution in [2.24, 2.45) is 7.05 Å². The number of aromatic nitrogens is 3. The summed E-state index contributed by atoms with van der Waals surface area (Å²) in [5.74, 6) is -0.115. The normalized spacial score (nSPS) is 11.0. The topological polar surface area (TPSA) is 71.8 Å². The molecule has 0 unspecified atom stereocenters. The minimum absolute atomic E-state index is 0.115. The van der Waals surface area contributed by atoms with Gasteiger partial charge in [-0.05, 0) is 42.5 Å². The number of carbonyl (C=O) groups is 1. The van der Waals surface area contributed by atoms with Crippen molar-refractivity contribution in [3.8, 4) is 0 Å². The van der Waals surface area contributed by atoms with E-state index < -0.39 is 0 Å². The second-order valence-corrected chi connectivity index (χ2v) is 6.70. The van der Waals surface area contributed by atoms with E-state index in [0.717, 1.165) is 27.6 Å². The van der Waals surface area contributed by atoms with Crippen LogP contribution in [0.5, 0.6) is 0 Å². The third-order valence-corrected chi connectivity index (χ3v) is 4.65. The maximum atomic E-state index is 12.4. The smallest absolute Gasteiger partial charge is 0.251 e. The van der Waals surface area contributed by atoms with Crippen LogP contribution < -0.4 is 10.6 Å². The second kappa shape index (κ2) is 7.25. The van der Waals surface area contributed by atoms with Gasteiger partial charge in [0.2, 0.25) is 0 Å². The molecule has 0 bridgehead atoms. The molecule has 27 heavy (non-hydrogen) atoms. The lowest BCUT2D eigenvalue weighted by Gasteiger charge is -2.10. The Bertz CT molecular complexity index is 1140. The lowest BCUT2D eigenvalue weighted by molar-refractivity contribution is 0.0955. The number of benzene rings is 2. The molecule has 2 aromatic carbocycles. The van der Waals surface area contributed by atoms with E-state index in [0.29, 0.717) is 23.7 Å². The summed E-state index contributed by atoms with van der Waals surface area (Å²) < 4.78 is 1.92. The molecular weight excluding hydrogens is 362 g/mol. The van der Waals surface area contributed by atoms with Crippen LogP contribution in [0.25, 0.3) is 21.9 Å². The van der Waals surface area contributed by atoms with Crippen LogP contribution in [-0.2, 0) is 7.05 Å². The molecule has 2 N–H and O–H groups in total. The van der Waals surface area contributed by atoms with Gasteiger partial charge in [-0.25, -0.2) is 4.98 Å². The molecule has 0 aliphatic rings. The Morgan fingerprint density at radius 3 is 2.85 bits per heavy atom. The van der Waals surface area contributed by atoms with Crippen LogP contribution in [0.2, 0.25) is 5.02 Å². The van der Waals surface area contributed by atoms with Crippen LogP contribution in [0, 0.1) is 0 Å². The first-order chi connectivity index (χ1) is 13.1. The highest BCUT2D eigenvalue weighted by molar-refractivity contribution is 6.31. The highest BCUT2D eigenvalue weighted by atomic mass is 35.5. The van der Waals surface area contributed by atoms with Gasteiger partial charge in [-0.3, -0.25) is 9.78 Å². The van der Waals surface area contributed by atoms with Gasteiger partial charge in [0.1, 0.15) is 0 Å². The fraction of sp³-hybridized carbons (Fsp3) is 0.150. The predicted octanol–water partition coefficient (Wildman–Crippen LogP) is 3.62. The van der Waals surface area contributed by atoms with Gasteiger partial charge in [0.15, 0.2) is 0 Å². The van der Waals surface area contributed by atoms with Gasteiger partial charge in [-0.2, -0.15) is 0 Å². The van der Waals surface area contributed by atoms with E-state index in [2.05, 4.69) is 20.6 Å². The number of amides is 1. The maximum absolute atomic E-state index is 12.4. The fourth-order valence-electron chi connectivity index (χ4n) is 3.03. The zero-order chi connectivity index (χ0) is 18.8. The third-order valence-electron chi connectivity index (χ3n) is 4.42.